The van der Waals surface area contributed by atoms with E-state index in [-0.39, 0.29) is 0 Å². The monoisotopic (exact) mass is 305 g/mol. The summed E-state index contributed by atoms with van der Waals surface area (Å²) in [6, 6.07) is 8.26. The van der Waals surface area contributed by atoms with E-state index in [9.17, 15) is 0 Å². The van der Waals surface area contributed by atoms with Gasteiger partial charge in [0, 0.05) is 6.42 Å². The highest BCUT2D eigenvalue weighted by Crippen LogP contribution is 2.22. The Morgan fingerprint density at radius 1 is 1.22 bits per heavy atom. The Bertz CT molecular complexity index is 567. The largest absolute Gasteiger partial charge is 0.383 e. The molecule has 0 radical (unpaired) electrons. The van der Waals surface area contributed by atoms with E-state index in [0.29, 0.717) is 5.82 Å². The van der Waals surface area contributed by atoms with Gasteiger partial charge in [0.25, 0.3) is 0 Å². The molecule has 1 heterocycles. The first-order valence-corrected chi connectivity index (χ1v) is 6.76. The summed E-state index contributed by atoms with van der Waals surface area (Å²) in [6.07, 6.45) is 1.56. The van der Waals surface area contributed by atoms with Crippen molar-refractivity contribution in [1.29, 1.82) is 0 Å². The van der Waals surface area contributed by atoms with Gasteiger partial charge in [0.05, 0.1) is 10.2 Å². The lowest BCUT2D eigenvalue weighted by Crippen LogP contribution is -2.06. The van der Waals surface area contributed by atoms with Crippen LogP contribution < -0.4 is 5.73 Å². The first kappa shape index (κ1) is 13.0. The second-order valence-electron chi connectivity index (χ2n) is 4.24. The Morgan fingerprint density at radius 2 is 1.94 bits per heavy atom. The molecule has 0 saturated heterocycles. The smallest absolute Gasteiger partial charge is 0.141 e. The average molecular weight is 306 g/mol. The standard InChI is InChI=1S/C14H16BrN3/c1-3-11-13(15)14(16)18-12(17-11)8-10-7-5-4-6-9(10)2/h4-7H,3,8H2,1-2H3,(H2,16,17,18). The summed E-state index contributed by atoms with van der Waals surface area (Å²) < 4.78 is 0.818. The number of rotatable bonds is 3. The summed E-state index contributed by atoms with van der Waals surface area (Å²) in [5.41, 5.74) is 9.34. The number of nitrogens with two attached hydrogens (primary N) is 1. The molecule has 0 aliphatic heterocycles. The number of nitrogens with zero attached hydrogens (tertiary/aromatic N) is 2. The number of benzene rings is 1. The maximum absolute atomic E-state index is 5.89. The van der Waals surface area contributed by atoms with E-state index in [1.54, 1.807) is 0 Å². The normalized spacial score (nSPS) is 10.6. The number of hydrogen-bond donors (Lipinski definition) is 1. The zero-order chi connectivity index (χ0) is 13.1. The maximum atomic E-state index is 5.89. The molecular weight excluding hydrogens is 290 g/mol. The molecular formula is C14H16BrN3. The molecule has 0 atom stereocenters. The van der Waals surface area contributed by atoms with Gasteiger partial charge in [-0.3, -0.25) is 0 Å². The molecule has 2 rings (SSSR count). The van der Waals surface area contributed by atoms with Crippen LogP contribution >= 0.6 is 15.9 Å². The SMILES string of the molecule is CCc1nc(Cc2ccccc2C)nc(N)c1Br. The Balaban J connectivity index is 2.36. The van der Waals surface area contributed by atoms with E-state index in [1.165, 1.54) is 11.1 Å². The fraction of sp³-hybridized carbons (Fsp3) is 0.286. The van der Waals surface area contributed by atoms with Crippen LogP contribution in [0.3, 0.4) is 0 Å². The van der Waals surface area contributed by atoms with E-state index in [0.717, 1.165) is 28.8 Å². The molecule has 0 amide bonds. The van der Waals surface area contributed by atoms with Gasteiger partial charge in [0.1, 0.15) is 11.6 Å². The van der Waals surface area contributed by atoms with Gasteiger partial charge in [-0.05, 0) is 40.4 Å². The highest BCUT2D eigenvalue weighted by atomic mass is 79.9. The third-order valence-corrected chi connectivity index (χ3v) is 3.80. The van der Waals surface area contributed by atoms with Gasteiger partial charge in [0.2, 0.25) is 0 Å². The van der Waals surface area contributed by atoms with Crippen molar-refractivity contribution in [3.8, 4) is 0 Å². The van der Waals surface area contributed by atoms with Crippen molar-refractivity contribution in [2.75, 3.05) is 5.73 Å². The molecule has 0 saturated carbocycles. The van der Waals surface area contributed by atoms with E-state index in [1.807, 2.05) is 12.1 Å². The fourth-order valence-corrected chi connectivity index (χ4v) is 2.32. The quantitative estimate of drug-likeness (QED) is 0.946. The molecule has 2 N–H and O–H groups in total. The number of halogens is 1. The lowest BCUT2D eigenvalue weighted by molar-refractivity contribution is 0.899. The van der Waals surface area contributed by atoms with E-state index >= 15 is 0 Å². The van der Waals surface area contributed by atoms with E-state index in [2.05, 4.69) is 51.9 Å². The minimum absolute atomic E-state index is 0.519. The molecule has 0 bridgehead atoms. The van der Waals surface area contributed by atoms with Crippen LogP contribution in [0.15, 0.2) is 28.7 Å². The maximum Gasteiger partial charge on any atom is 0.141 e. The molecule has 1 aromatic carbocycles. The van der Waals surface area contributed by atoms with Gasteiger partial charge in [-0.1, -0.05) is 31.2 Å². The number of anilines is 1. The lowest BCUT2D eigenvalue weighted by atomic mass is 10.1. The zero-order valence-electron chi connectivity index (χ0n) is 10.6. The number of hydrogen-bond acceptors (Lipinski definition) is 3. The molecule has 18 heavy (non-hydrogen) atoms. The highest BCUT2D eigenvalue weighted by Gasteiger charge is 2.09. The molecule has 0 unspecified atom stereocenters. The molecule has 94 valence electrons. The van der Waals surface area contributed by atoms with Gasteiger partial charge in [-0.2, -0.15) is 0 Å². The van der Waals surface area contributed by atoms with Crippen LogP contribution in [0.5, 0.6) is 0 Å². The predicted molar refractivity (Wildman–Crippen MR) is 77.5 cm³/mol. The second kappa shape index (κ2) is 5.48. The first-order valence-electron chi connectivity index (χ1n) is 5.97. The Hall–Kier alpha value is -1.42. The summed E-state index contributed by atoms with van der Waals surface area (Å²) in [4.78, 5) is 8.89. The van der Waals surface area contributed by atoms with E-state index < -0.39 is 0 Å². The van der Waals surface area contributed by atoms with Gasteiger partial charge in [-0.15, -0.1) is 0 Å². The molecule has 0 aliphatic carbocycles. The molecule has 0 spiro atoms. The topological polar surface area (TPSA) is 51.8 Å². The van der Waals surface area contributed by atoms with Crippen molar-refractivity contribution in [2.45, 2.75) is 26.7 Å². The number of aryl methyl sites for hydroxylation is 2. The Labute approximate surface area is 116 Å². The van der Waals surface area contributed by atoms with Crippen LogP contribution in [0.25, 0.3) is 0 Å². The lowest BCUT2D eigenvalue weighted by Gasteiger charge is -2.09. The minimum atomic E-state index is 0.519. The Morgan fingerprint density at radius 3 is 2.61 bits per heavy atom. The van der Waals surface area contributed by atoms with Crippen molar-refractivity contribution in [2.24, 2.45) is 0 Å². The van der Waals surface area contributed by atoms with Crippen LogP contribution in [-0.2, 0) is 12.8 Å². The highest BCUT2D eigenvalue weighted by molar-refractivity contribution is 9.10. The van der Waals surface area contributed by atoms with E-state index in [4.69, 9.17) is 5.73 Å². The van der Waals surface area contributed by atoms with Crippen LogP contribution in [0.2, 0.25) is 0 Å². The van der Waals surface area contributed by atoms with Crippen molar-refractivity contribution >= 4 is 21.7 Å². The summed E-state index contributed by atoms with van der Waals surface area (Å²) >= 11 is 3.42. The van der Waals surface area contributed by atoms with Crippen LogP contribution in [0.1, 0.15) is 29.6 Å². The van der Waals surface area contributed by atoms with Gasteiger partial charge < -0.3 is 5.73 Å². The predicted octanol–water partition coefficient (Wildman–Crippen LogP) is 3.28. The first-order chi connectivity index (χ1) is 8.61. The molecule has 3 nitrogen and oxygen atoms in total. The Kier molecular flexibility index (Phi) is 3.97. The third kappa shape index (κ3) is 2.70. The molecule has 1 aromatic heterocycles. The summed E-state index contributed by atoms with van der Waals surface area (Å²) in [5, 5.41) is 0. The molecule has 0 aliphatic rings. The van der Waals surface area contributed by atoms with Crippen molar-refractivity contribution < 1.29 is 0 Å². The van der Waals surface area contributed by atoms with Crippen LogP contribution in [-0.4, -0.2) is 9.97 Å². The molecule has 4 heteroatoms. The summed E-state index contributed by atoms with van der Waals surface area (Å²) in [7, 11) is 0. The van der Waals surface area contributed by atoms with Crippen LogP contribution in [0.4, 0.5) is 5.82 Å². The second-order valence-corrected chi connectivity index (χ2v) is 5.04. The molecule has 0 fully saturated rings. The molecule has 2 aromatic rings. The van der Waals surface area contributed by atoms with Gasteiger partial charge in [0.15, 0.2) is 0 Å². The van der Waals surface area contributed by atoms with Crippen molar-refractivity contribution in [3.05, 3.63) is 51.4 Å². The van der Waals surface area contributed by atoms with Gasteiger partial charge >= 0.3 is 0 Å². The van der Waals surface area contributed by atoms with Gasteiger partial charge in [-0.25, -0.2) is 9.97 Å². The van der Waals surface area contributed by atoms with Crippen molar-refractivity contribution in [1.82, 2.24) is 9.97 Å². The summed E-state index contributed by atoms with van der Waals surface area (Å²) in [6.45, 7) is 4.16. The minimum Gasteiger partial charge on any atom is -0.383 e. The van der Waals surface area contributed by atoms with Crippen molar-refractivity contribution in [3.63, 3.8) is 0 Å². The van der Waals surface area contributed by atoms with Crippen LogP contribution in [0, 0.1) is 6.92 Å². The third-order valence-electron chi connectivity index (χ3n) is 2.94. The number of aromatic nitrogens is 2. The fourth-order valence-electron chi connectivity index (χ4n) is 1.86. The number of nitrogen functional groups attached to an aromatic ring is 1. The zero-order valence-corrected chi connectivity index (χ0v) is 12.2. The summed E-state index contributed by atoms with van der Waals surface area (Å²) in [5.74, 6) is 1.30. The average Bonchev–Trinajstić information content (AvgIpc) is 2.36.